The van der Waals surface area contributed by atoms with Crippen molar-refractivity contribution in [3.63, 3.8) is 0 Å². The molecule has 0 aliphatic carbocycles. The van der Waals surface area contributed by atoms with Gasteiger partial charge in [0.1, 0.15) is 12.7 Å². The van der Waals surface area contributed by atoms with Crippen LogP contribution in [0.2, 0.25) is 0 Å². The molecular weight excluding hydrogens is 352 g/mol. The molecule has 27 heavy (non-hydrogen) atoms. The Labute approximate surface area is 156 Å². The lowest BCUT2D eigenvalue weighted by Crippen LogP contribution is -2.48. The maximum absolute atomic E-state index is 12.3. The van der Waals surface area contributed by atoms with Gasteiger partial charge >= 0.3 is 11.9 Å². The Morgan fingerprint density at radius 3 is 2.07 bits per heavy atom. The van der Waals surface area contributed by atoms with E-state index in [9.17, 15) is 19.8 Å². The molecule has 1 heterocycles. The summed E-state index contributed by atoms with van der Waals surface area (Å²) in [6, 6.07) is 16.6. The molecule has 1 saturated heterocycles. The summed E-state index contributed by atoms with van der Waals surface area (Å²) < 4.78 is 15.8. The molecule has 0 saturated carbocycles. The molecule has 4 atom stereocenters. The van der Waals surface area contributed by atoms with Crippen LogP contribution in [0.3, 0.4) is 0 Å². The van der Waals surface area contributed by atoms with E-state index in [2.05, 4.69) is 0 Å². The van der Waals surface area contributed by atoms with Gasteiger partial charge in [-0.05, 0) is 31.2 Å². The Balaban J connectivity index is 1.69. The standard InChI is InChI=1S/C20H20O7/c1-20(24)16(27-18(22)14-10-6-3-7-11-14)15(26-19(20)23)12-25-17(21)13-8-4-2-5-9-13/h2-11,15-16,19,23-24H,12H2,1H3. The van der Waals surface area contributed by atoms with Crippen molar-refractivity contribution in [3.8, 4) is 0 Å². The number of rotatable bonds is 5. The van der Waals surface area contributed by atoms with Crippen molar-refractivity contribution in [3.05, 3.63) is 71.8 Å². The van der Waals surface area contributed by atoms with Crippen LogP contribution < -0.4 is 0 Å². The largest absolute Gasteiger partial charge is 0.459 e. The van der Waals surface area contributed by atoms with E-state index in [-0.39, 0.29) is 12.2 Å². The minimum Gasteiger partial charge on any atom is -0.459 e. The van der Waals surface area contributed by atoms with Crippen LogP contribution in [0.1, 0.15) is 27.6 Å². The predicted octanol–water partition coefficient (Wildman–Crippen LogP) is 1.54. The van der Waals surface area contributed by atoms with E-state index < -0.39 is 36.0 Å². The molecule has 7 nitrogen and oxygen atoms in total. The highest BCUT2D eigenvalue weighted by Gasteiger charge is 2.55. The lowest BCUT2D eigenvalue weighted by Gasteiger charge is -2.27. The van der Waals surface area contributed by atoms with Crippen molar-refractivity contribution in [1.82, 2.24) is 0 Å². The van der Waals surface area contributed by atoms with Gasteiger partial charge in [-0.2, -0.15) is 0 Å². The van der Waals surface area contributed by atoms with E-state index in [1.54, 1.807) is 60.7 Å². The molecule has 0 aromatic heterocycles. The van der Waals surface area contributed by atoms with E-state index in [0.717, 1.165) is 0 Å². The zero-order valence-electron chi connectivity index (χ0n) is 14.6. The first-order chi connectivity index (χ1) is 12.9. The molecular formula is C20H20O7. The molecule has 142 valence electrons. The molecule has 2 N–H and O–H groups in total. The van der Waals surface area contributed by atoms with Crippen molar-refractivity contribution in [1.29, 1.82) is 0 Å². The first kappa shape index (κ1) is 19.0. The van der Waals surface area contributed by atoms with Crippen molar-refractivity contribution in [2.45, 2.75) is 31.0 Å². The van der Waals surface area contributed by atoms with Crippen molar-refractivity contribution in [2.75, 3.05) is 6.61 Å². The molecule has 0 amide bonds. The second kappa shape index (κ2) is 7.87. The van der Waals surface area contributed by atoms with Gasteiger partial charge < -0.3 is 24.4 Å². The van der Waals surface area contributed by atoms with Crippen LogP contribution in [0.5, 0.6) is 0 Å². The number of carbonyl (C=O) groups excluding carboxylic acids is 2. The Morgan fingerprint density at radius 2 is 1.52 bits per heavy atom. The molecule has 0 spiro atoms. The van der Waals surface area contributed by atoms with Crippen LogP contribution in [0, 0.1) is 0 Å². The van der Waals surface area contributed by atoms with E-state index in [1.165, 1.54) is 6.92 Å². The first-order valence-corrected chi connectivity index (χ1v) is 8.43. The van der Waals surface area contributed by atoms with Gasteiger partial charge in [0.25, 0.3) is 0 Å². The lowest BCUT2D eigenvalue weighted by atomic mass is 9.97. The summed E-state index contributed by atoms with van der Waals surface area (Å²) in [5.41, 5.74) is -1.22. The van der Waals surface area contributed by atoms with Gasteiger partial charge in [-0.15, -0.1) is 0 Å². The quantitative estimate of drug-likeness (QED) is 0.768. The third-order valence-corrected chi connectivity index (χ3v) is 4.35. The van der Waals surface area contributed by atoms with Gasteiger partial charge in [-0.1, -0.05) is 36.4 Å². The van der Waals surface area contributed by atoms with Crippen molar-refractivity contribution < 1.29 is 34.0 Å². The van der Waals surface area contributed by atoms with Gasteiger partial charge in [0, 0.05) is 0 Å². The summed E-state index contributed by atoms with van der Waals surface area (Å²) in [5, 5.41) is 20.4. The number of esters is 2. The molecule has 0 bridgehead atoms. The highest BCUT2D eigenvalue weighted by molar-refractivity contribution is 5.90. The summed E-state index contributed by atoms with van der Waals surface area (Å²) >= 11 is 0. The fourth-order valence-corrected chi connectivity index (χ4v) is 2.79. The smallest absolute Gasteiger partial charge is 0.338 e. The van der Waals surface area contributed by atoms with Crippen LogP contribution in [0.15, 0.2) is 60.7 Å². The van der Waals surface area contributed by atoms with E-state index >= 15 is 0 Å². The molecule has 7 heteroatoms. The molecule has 3 rings (SSSR count). The highest BCUT2D eigenvalue weighted by atomic mass is 16.7. The Bertz CT molecular complexity index is 788. The summed E-state index contributed by atoms with van der Waals surface area (Å²) in [6.45, 7) is 0.993. The van der Waals surface area contributed by atoms with Crippen LogP contribution >= 0.6 is 0 Å². The fraction of sp³-hybridized carbons (Fsp3) is 0.300. The fourth-order valence-electron chi connectivity index (χ4n) is 2.79. The maximum atomic E-state index is 12.3. The van der Waals surface area contributed by atoms with Gasteiger partial charge in [0.05, 0.1) is 11.1 Å². The van der Waals surface area contributed by atoms with Crippen LogP contribution in [-0.2, 0) is 14.2 Å². The number of ether oxygens (including phenoxy) is 3. The topological polar surface area (TPSA) is 102 Å². The predicted molar refractivity (Wildman–Crippen MR) is 93.9 cm³/mol. The third kappa shape index (κ3) is 4.16. The summed E-state index contributed by atoms with van der Waals surface area (Å²) in [7, 11) is 0. The zero-order valence-corrected chi connectivity index (χ0v) is 14.6. The Hall–Kier alpha value is -2.74. The van der Waals surface area contributed by atoms with Crippen LogP contribution in [-0.4, -0.2) is 52.9 Å². The monoisotopic (exact) mass is 372 g/mol. The number of aliphatic hydroxyl groups is 2. The molecule has 1 aliphatic rings. The molecule has 2 aromatic rings. The van der Waals surface area contributed by atoms with E-state index in [4.69, 9.17) is 14.2 Å². The number of benzene rings is 2. The second-order valence-electron chi connectivity index (χ2n) is 6.41. The SMILES string of the molecule is CC1(O)C(O)OC(COC(=O)c2ccccc2)C1OC(=O)c1ccccc1. The molecule has 0 radical (unpaired) electrons. The number of carbonyl (C=O) groups is 2. The number of aliphatic hydroxyl groups excluding tert-OH is 1. The minimum atomic E-state index is -1.85. The van der Waals surface area contributed by atoms with Crippen LogP contribution in [0.4, 0.5) is 0 Å². The van der Waals surface area contributed by atoms with E-state index in [1.807, 2.05) is 0 Å². The summed E-state index contributed by atoms with van der Waals surface area (Å²) in [4.78, 5) is 24.4. The normalized spacial score (nSPS) is 27.1. The zero-order chi connectivity index (χ0) is 19.4. The molecule has 4 unspecified atom stereocenters. The van der Waals surface area contributed by atoms with Crippen LogP contribution in [0.25, 0.3) is 0 Å². The minimum absolute atomic E-state index is 0.287. The first-order valence-electron chi connectivity index (χ1n) is 8.43. The van der Waals surface area contributed by atoms with Gasteiger partial charge in [-0.25, -0.2) is 9.59 Å². The second-order valence-corrected chi connectivity index (χ2v) is 6.41. The molecule has 1 aliphatic heterocycles. The van der Waals surface area contributed by atoms with Crippen molar-refractivity contribution in [2.24, 2.45) is 0 Å². The molecule has 1 fully saturated rings. The van der Waals surface area contributed by atoms with Gasteiger partial charge in [0.15, 0.2) is 18.0 Å². The molecule has 2 aromatic carbocycles. The van der Waals surface area contributed by atoms with Gasteiger partial charge in [0.2, 0.25) is 0 Å². The van der Waals surface area contributed by atoms with Gasteiger partial charge in [-0.3, -0.25) is 0 Å². The Morgan fingerprint density at radius 1 is 1.00 bits per heavy atom. The van der Waals surface area contributed by atoms with E-state index in [0.29, 0.717) is 5.56 Å². The Kier molecular flexibility index (Phi) is 5.55. The highest BCUT2D eigenvalue weighted by Crippen LogP contribution is 2.33. The third-order valence-electron chi connectivity index (χ3n) is 4.35. The van der Waals surface area contributed by atoms with Crippen molar-refractivity contribution >= 4 is 11.9 Å². The average molecular weight is 372 g/mol. The number of hydrogen-bond acceptors (Lipinski definition) is 7. The maximum Gasteiger partial charge on any atom is 0.338 e. The summed E-state index contributed by atoms with van der Waals surface area (Å²) in [6.07, 6.45) is -3.83. The lowest BCUT2D eigenvalue weighted by molar-refractivity contribution is -0.170. The number of hydrogen-bond donors (Lipinski definition) is 2. The average Bonchev–Trinajstić information content (AvgIpc) is 2.90. The summed E-state index contributed by atoms with van der Waals surface area (Å²) in [5.74, 6) is -1.27.